The van der Waals surface area contributed by atoms with E-state index in [0.29, 0.717) is 24.0 Å². The average Bonchev–Trinajstić information content (AvgIpc) is 3.31. The van der Waals surface area contributed by atoms with Gasteiger partial charge in [0.25, 0.3) is 5.91 Å². The van der Waals surface area contributed by atoms with Gasteiger partial charge in [-0.2, -0.15) is 0 Å². The number of rotatable bonds is 5. The molecule has 0 aliphatic carbocycles. The second-order valence-corrected chi connectivity index (χ2v) is 7.62. The van der Waals surface area contributed by atoms with Gasteiger partial charge in [0.2, 0.25) is 0 Å². The lowest BCUT2D eigenvalue weighted by atomic mass is 10.1. The summed E-state index contributed by atoms with van der Waals surface area (Å²) >= 11 is 0. The van der Waals surface area contributed by atoms with Gasteiger partial charge in [0, 0.05) is 24.5 Å². The van der Waals surface area contributed by atoms with Crippen LogP contribution in [0.4, 0.5) is 0 Å². The average molecular weight is 378 g/mol. The zero-order valence-corrected chi connectivity index (χ0v) is 16.6. The standard InChI is InChI=1S/C23H26N2O3/c1-16-22(23(26)25-12-11-18(14-25)24(2)3)20-13-19(9-10-21(20)28-16)27-15-17-7-5-4-6-8-17/h4-10,13,18H,11-12,14-15H2,1-3H3. The highest BCUT2D eigenvalue weighted by molar-refractivity contribution is 6.07. The summed E-state index contributed by atoms with van der Waals surface area (Å²) in [4.78, 5) is 17.3. The number of hydrogen-bond acceptors (Lipinski definition) is 4. The summed E-state index contributed by atoms with van der Waals surface area (Å²) in [6.07, 6.45) is 0.999. The molecule has 0 bridgehead atoms. The Morgan fingerprint density at radius 1 is 1.21 bits per heavy atom. The van der Waals surface area contributed by atoms with Gasteiger partial charge < -0.3 is 19.0 Å². The van der Waals surface area contributed by atoms with Crippen molar-refractivity contribution < 1.29 is 13.9 Å². The Kier molecular flexibility index (Phi) is 5.09. The number of aryl methyl sites for hydroxylation is 1. The molecule has 0 radical (unpaired) electrons. The van der Waals surface area contributed by atoms with Crippen molar-refractivity contribution in [1.82, 2.24) is 9.80 Å². The molecule has 1 fully saturated rings. The fraction of sp³-hybridized carbons (Fsp3) is 0.348. The molecular weight excluding hydrogens is 352 g/mol. The highest BCUT2D eigenvalue weighted by atomic mass is 16.5. The maximum atomic E-state index is 13.2. The molecule has 5 nitrogen and oxygen atoms in total. The first kappa shape index (κ1) is 18.6. The molecule has 1 aliphatic heterocycles. The molecule has 0 spiro atoms. The summed E-state index contributed by atoms with van der Waals surface area (Å²) < 4.78 is 11.8. The lowest BCUT2D eigenvalue weighted by molar-refractivity contribution is 0.0783. The molecule has 146 valence electrons. The predicted molar refractivity (Wildman–Crippen MR) is 110 cm³/mol. The van der Waals surface area contributed by atoms with Crippen molar-refractivity contribution in [3.8, 4) is 5.75 Å². The van der Waals surface area contributed by atoms with Crippen LogP contribution in [-0.4, -0.2) is 48.9 Å². The first-order valence-electron chi connectivity index (χ1n) is 9.68. The number of carbonyl (C=O) groups is 1. The molecule has 4 rings (SSSR count). The first-order valence-corrected chi connectivity index (χ1v) is 9.68. The van der Waals surface area contributed by atoms with Gasteiger partial charge in [0.1, 0.15) is 23.7 Å². The molecule has 1 aromatic heterocycles. The minimum Gasteiger partial charge on any atom is -0.489 e. The molecule has 1 atom stereocenters. The second kappa shape index (κ2) is 7.68. The van der Waals surface area contributed by atoms with Crippen molar-refractivity contribution in [3.63, 3.8) is 0 Å². The molecule has 1 unspecified atom stereocenters. The third-order valence-corrected chi connectivity index (χ3v) is 5.48. The Bertz CT molecular complexity index is 978. The van der Waals surface area contributed by atoms with Gasteiger partial charge in [0.15, 0.2) is 0 Å². The number of ether oxygens (including phenoxy) is 1. The highest BCUT2D eigenvalue weighted by Crippen LogP contribution is 2.31. The van der Waals surface area contributed by atoms with Crippen LogP contribution >= 0.6 is 0 Å². The summed E-state index contributed by atoms with van der Waals surface area (Å²) in [6, 6.07) is 16.1. The second-order valence-electron chi connectivity index (χ2n) is 7.62. The van der Waals surface area contributed by atoms with E-state index in [1.807, 2.05) is 60.4 Å². The SMILES string of the molecule is Cc1oc2ccc(OCc3ccccc3)cc2c1C(=O)N1CCC(N(C)C)C1. The summed E-state index contributed by atoms with van der Waals surface area (Å²) in [5.41, 5.74) is 2.48. The highest BCUT2D eigenvalue weighted by Gasteiger charge is 2.31. The van der Waals surface area contributed by atoms with Gasteiger partial charge >= 0.3 is 0 Å². The van der Waals surface area contributed by atoms with Crippen LogP contribution in [0.1, 0.15) is 28.1 Å². The molecule has 28 heavy (non-hydrogen) atoms. The molecule has 1 aliphatic rings. The van der Waals surface area contributed by atoms with E-state index in [1.54, 1.807) is 0 Å². The van der Waals surface area contributed by atoms with Gasteiger partial charge in [-0.05, 0) is 51.2 Å². The Labute approximate surface area is 165 Å². The number of likely N-dealkylation sites (N-methyl/N-ethyl adjacent to an activating group) is 1. The van der Waals surface area contributed by atoms with Crippen molar-refractivity contribution in [2.75, 3.05) is 27.2 Å². The van der Waals surface area contributed by atoms with Crippen molar-refractivity contribution in [3.05, 3.63) is 65.4 Å². The Morgan fingerprint density at radius 2 is 2.00 bits per heavy atom. The number of nitrogens with zero attached hydrogens (tertiary/aromatic N) is 2. The van der Waals surface area contributed by atoms with E-state index in [0.717, 1.165) is 41.8 Å². The third-order valence-electron chi connectivity index (χ3n) is 5.48. The lowest BCUT2D eigenvalue weighted by Crippen LogP contribution is -2.34. The zero-order valence-electron chi connectivity index (χ0n) is 16.6. The Morgan fingerprint density at radius 3 is 2.71 bits per heavy atom. The number of likely N-dealkylation sites (tertiary alicyclic amines) is 1. The van der Waals surface area contributed by atoms with Gasteiger partial charge in [-0.25, -0.2) is 0 Å². The normalized spacial score (nSPS) is 16.9. The Hall–Kier alpha value is -2.79. The molecule has 2 heterocycles. The first-order chi connectivity index (χ1) is 13.5. The summed E-state index contributed by atoms with van der Waals surface area (Å²) in [6.45, 7) is 3.88. The zero-order chi connectivity index (χ0) is 19.7. The monoisotopic (exact) mass is 378 g/mol. The van der Waals surface area contributed by atoms with Crippen molar-refractivity contribution in [2.24, 2.45) is 0 Å². The quantitative estimate of drug-likeness (QED) is 0.671. The summed E-state index contributed by atoms with van der Waals surface area (Å²) in [7, 11) is 4.13. The van der Waals surface area contributed by atoms with E-state index in [9.17, 15) is 4.79 Å². The molecule has 2 aromatic carbocycles. The maximum Gasteiger partial charge on any atom is 0.258 e. The largest absolute Gasteiger partial charge is 0.489 e. The van der Waals surface area contributed by atoms with Crippen molar-refractivity contribution >= 4 is 16.9 Å². The van der Waals surface area contributed by atoms with E-state index in [2.05, 4.69) is 19.0 Å². The molecular formula is C23H26N2O3. The fourth-order valence-electron chi connectivity index (χ4n) is 3.80. The molecule has 5 heteroatoms. The smallest absolute Gasteiger partial charge is 0.258 e. The molecule has 1 amide bonds. The van der Waals surface area contributed by atoms with E-state index in [-0.39, 0.29) is 5.91 Å². The van der Waals surface area contributed by atoms with Crippen LogP contribution in [0.15, 0.2) is 52.9 Å². The third kappa shape index (κ3) is 3.62. The maximum absolute atomic E-state index is 13.2. The molecule has 3 aromatic rings. The van der Waals surface area contributed by atoms with Gasteiger partial charge in [-0.3, -0.25) is 4.79 Å². The van der Waals surface area contributed by atoms with E-state index in [1.165, 1.54) is 0 Å². The van der Waals surface area contributed by atoms with Gasteiger partial charge in [-0.15, -0.1) is 0 Å². The van der Waals surface area contributed by atoms with E-state index < -0.39 is 0 Å². The summed E-state index contributed by atoms with van der Waals surface area (Å²) in [5, 5.41) is 0.821. The van der Waals surface area contributed by atoms with Crippen LogP contribution < -0.4 is 4.74 Å². The van der Waals surface area contributed by atoms with Crippen molar-refractivity contribution in [2.45, 2.75) is 26.0 Å². The van der Waals surface area contributed by atoms with Crippen molar-refractivity contribution in [1.29, 1.82) is 0 Å². The summed E-state index contributed by atoms with van der Waals surface area (Å²) in [5.74, 6) is 1.44. The molecule has 0 saturated carbocycles. The number of fused-ring (bicyclic) bond motifs is 1. The fourth-order valence-corrected chi connectivity index (χ4v) is 3.80. The Balaban J connectivity index is 1.58. The minimum absolute atomic E-state index is 0.0424. The number of carbonyl (C=O) groups excluding carboxylic acids is 1. The topological polar surface area (TPSA) is 45.9 Å². The lowest BCUT2D eigenvalue weighted by Gasteiger charge is -2.20. The van der Waals surface area contributed by atoms with Gasteiger partial charge in [-0.1, -0.05) is 30.3 Å². The van der Waals surface area contributed by atoms with Crippen LogP contribution in [0.25, 0.3) is 11.0 Å². The number of amides is 1. The van der Waals surface area contributed by atoms with Crippen LogP contribution in [0, 0.1) is 6.92 Å². The number of benzene rings is 2. The van der Waals surface area contributed by atoms with Crippen LogP contribution in [-0.2, 0) is 6.61 Å². The van der Waals surface area contributed by atoms with Crippen LogP contribution in [0.5, 0.6) is 5.75 Å². The number of furan rings is 1. The van der Waals surface area contributed by atoms with Crippen LogP contribution in [0.2, 0.25) is 0 Å². The van der Waals surface area contributed by atoms with E-state index >= 15 is 0 Å². The number of hydrogen-bond donors (Lipinski definition) is 0. The predicted octanol–water partition coefficient (Wildman–Crippen LogP) is 4.10. The molecule has 1 saturated heterocycles. The van der Waals surface area contributed by atoms with E-state index in [4.69, 9.17) is 9.15 Å². The van der Waals surface area contributed by atoms with Gasteiger partial charge in [0.05, 0.1) is 5.56 Å². The minimum atomic E-state index is 0.0424. The molecule has 0 N–H and O–H groups in total. The van der Waals surface area contributed by atoms with Crippen LogP contribution in [0.3, 0.4) is 0 Å².